The van der Waals surface area contributed by atoms with Crippen molar-refractivity contribution in [1.82, 2.24) is 4.57 Å². The quantitative estimate of drug-likeness (QED) is 0.704. The number of aryl methyl sites for hydroxylation is 2. The van der Waals surface area contributed by atoms with Gasteiger partial charge in [-0.05, 0) is 50.2 Å². The Balaban J connectivity index is 2.03. The van der Waals surface area contributed by atoms with Crippen molar-refractivity contribution in [3.05, 3.63) is 53.6 Å². The fraction of sp³-hybridized carbons (Fsp3) is 0.167. The summed E-state index contributed by atoms with van der Waals surface area (Å²) in [6.45, 7) is 4.44. The Morgan fingerprint density at radius 3 is 2.50 bits per heavy atom. The van der Waals surface area contributed by atoms with E-state index in [0.29, 0.717) is 12.1 Å². The zero-order valence-corrected chi connectivity index (χ0v) is 13.4. The van der Waals surface area contributed by atoms with Crippen LogP contribution in [0.15, 0.2) is 52.7 Å². The third-order valence-corrected chi connectivity index (χ3v) is 3.84. The molecule has 3 rings (SSSR count). The maximum atomic E-state index is 12.1. The number of benzene rings is 2. The van der Waals surface area contributed by atoms with E-state index in [2.05, 4.69) is 10.2 Å². The molecule has 0 saturated carbocycles. The highest BCUT2D eigenvalue weighted by Gasteiger charge is 2.16. The van der Waals surface area contributed by atoms with Gasteiger partial charge in [0.05, 0.1) is 5.52 Å². The molecule has 0 aliphatic heterocycles. The predicted octanol–water partition coefficient (Wildman–Crippen LogP) is 4.30. The summed E-state index contributed by atoms with van der Waals surface area (Å²) < 4.78 is 1.72. The van der Waals surface area contributed by atoms with Crippen LogP contribution in [0.4, 0.5) is 5.69 Å². The maximum absolute atomic E-state index is 12.1. The Bertz CT molecular complexity index is 940. The number of carbonyl (C=O) groups is 1. The summed E-state index contributed by atoms with van der Waals surface area (Å²) in [4.78, 5) is 12.1. The normalized spacial score (nSPS) is 11.4. The molecule has 0 unspecified atom stereocenters. The number of phenolic OH excluding ortho intramolecular Hbond substituents is 1. The lowest BCUT2D eigenvalue weighted by Crippen LogP contribution is -1.92. The summed E-state index contributed by atoms with van der Waals surface area (Å²) in [5.74, 6) is -0.484. The van der Waals surface area contributed by atoms with Crippen LogP contribution in [-0.4, -0.2) is 20.7 Å². The van der Waals surface area contributed by atoms with Crippen molar-refractivity contribution in [3.63, 3.8) is 0 Å². The molecule has 1 heterocycles. The van der Waals surface area contributed by atoms with Crippen molar-refractivity contribution >= 4 is 22.5 Å². The number of rotatable bonds is 3. The molecule has 0 aliphatic rings. The van der Waals surface area contributed by atoms with Gasteiger partial charge in [-0.3, -0.25) is 4.79 Å². The second-order valence-electron chi connectivity index (χ2n) is 5.49. The SMILES string of the molecule is CCn1c(O)c(N=NC(=O)c2ccc(O)cc2)c2cc(C)ccc21. The van der Waals surface area contributed by atoms with E-state index in [1.165, 1.54) is 24.3 Å². The first-order chi connectivity index (χ1) is 11.5. The number of phenols is 1. The van der Waals surface area contributed by atoms with E-state index in [4.69, 9.17) is 0 Å². The third-order valence-electron chi connectivity index (χ3n) is 3.84. The fourth-order valence-electron chi connectivity index (χ4n) is 2.61. The largest absolute Gasteiger partial charge is 0.508 e. The van der Waals surface area contributed by atoms with Crippen LogP contribution >= 0.6 is 0 Å². The van der Waals surface area contributed by atoms with E-state index in [1.54, 1.807) is 4.57 Å². The lowest BCUT2D eigenvalue weighted by atomic mass is 10.1. The van der Waals surface area contributed by atoms with Crippen molar-refractivity contribution in [1.29, 1.82) is 0 Å². The zero-order valence-electron chi connectivity index (χ0n) is 13.4. The number of aromatic nitrogens is 1. The molecule has 0 saturated heterocycles. The summed E-state index contributed by atoms with van der Waals surface area (Å²) in [6.07, 6.45) is 0. The highest BCUT2D eigenvalue weighted by molar-refractivity contribution is 5.97. The standard InChI is InChI=1S/C18H17N3O3/c1-3-21-15-9-4-11(2)10-14(15)16(18(21)24)19-20-17(23)12-5-7-13(22)8-6-12/h4-10,22,24H,3H2,1-2H3. The minimum Gasteiger partial charge on any atom is -0.508 e. The molecule has 6 heteroatoms. The van der Waals surface area contributed by atoms with Gasteiger partial charge in [-0.15, -0.1) is 10.2 Å². The molecule has 3 aromatic rings. The molecule has 0 aliphatic carbocycles. The second kappa shape index (κ2) is 6.16. The number of carbonyl (C=O) groups excluding carboxylic acids is 1. The monoisotopic (exact) mass is 323 g/mol. The van der Waals surface area contributed by atoms with Gasteiger partial charge >= 0.3 is 0 Å². The van der Waals surface area contributed by atoms with E-state index >= 15 is 0 Å². The highest BCUT2D eigenvalue weighted by atomic mass is 16.3. The van der Waals surface area contributed by atoms with E-state index in [1.807, 2.05) is 32.0 Å². The van der Waals surface area contributed by atoms with Crippen molar-refractivity contribution in [2.24, 2.45) is 10.2 Å². The van der Waals surface area contributed by atoms with Crippen molar-refractivity contribution in [2.75, 3.05) is 0 Å². The minimum atomic E-state index is -0.542. The van der Waals surface area contributed by atoms with Gasteiger partial charge < -0.3 is 14.8 Å². The van der Waals surface area contributed by atoms with Crippen LogP contribution in [0.2, 0.25) is 0 Å². The molecule has 0 bridgehead atoms. The molecular formula is C18H17N3O3. The number of amides is 1. The van der Waals surface area contributed by atoms with Crippen LogP contribution in [0.1, 0.15) is 22.8 Å². The Labute approximate surface area is 138 Å². The molecule has 0 fully saturated rings. The Hall–Kier alpha value is -3.15. The molecule has 2 N–H and O–H groups in total. The molecule has 1 amide bonds. The number of azo groups is 1. The number of nitrogens with zero attached hydrogens (tertiary/aromatic N) is 3. The van der Waals surface area contributed by atoms with Crippen LogP contribution in [-0.2, 0) is 6.54 Å². The first-order valence-corrected chi connectivity index (χ1v) is 7.58. The van der Waals surface area contributed by atoms with Crippen molar-refractivity contribution in [3.8, 4) is 11.6 Å². The van der Waals surface area contributed by atoms with Gasteiger partial charge in [0.25, 0.3) is 5.91 Å². The highest BCUT2D eigenvalue weighted by Crippen LogP contribution is 2.39. The van der Waals surface area contributed by atoms with E-state index in [-0.39, 0.29) is 17.3 Å². The van der Waals surface area contributed by atoms with Crippen LogP contribution < -0.4 is 0 Å². The average molecular weight is 323 g/mol. The van der Waals surface area contributed by atoms with Crippen LogP contribution in [0, 0.1) is 6.92 Å². The Morgan fingerprint density at radius 2 is 1.83 bits per heavy atom. The van der Waals surface area contributed by atoms with E-state index in [9.17, 15) is 15.0 Å². The fourth-order valence-corrected chi connectivity index (χ4v) is 2.61. The van der Waals surface area contributed by atoms with Crippen LogP contribution in [0.5, 0.6) is 11.6 Å². The number of hydrogen-bond acceptors (Lipinski definition) is 4. The van der Waals surface area contributed by atoms with Crippen LogP contribution in [0.25, 0.3) is 10.9 Å². The third kappa shape index (κ3) is 2.74. The number of fused-ring (bicyclic) bond motifs is 1. The molecule has 122 valence electrons. The van der Waals surface area contributed by atoms with Gasteiger partial charge in [0.15, 0.2) is 5.69 Å². The first kappa shape index (κ1) is 15.7. The van der Waals surface area contributed by atoms with Crippen molar-refractivity contribution < 1.29 is 15.0 Å². The lowest BCUT2D eigenvalue weighted by molar-refractivity contribution is 0.0995. The minimum absolute atomic E-state index is 0.0136. The molecule has 24 heavy (non-hydrogen) atoms. The topological polar surface area (TPSA) is 87.2 Å². The number of hydrogen-bond donors (Lipinski definition) is 2. The molecule has 1 aromatic heterocycles. The summed E-state index contributed by atoms with van der Waals surface area (Å²) in [5.41, 5.74) is 2.46. The maximum Gasteiger partial charge on any atom is 0.295 e. The molecule has 6 nitrogen and oxygen atoms in total. The molecule has 0 atom stereocenters. The predicted molar refractivity (Wildman–Crippen MR) is 91.0 cm³/mol. The van der Waals surface area contributed by atoms with E-state index in [0.717, 1.165) is 16.5 Å². The summed E-state index contributed by atoms with van der Waals surface area (Å²) >= 11 is 0. The van der Waals surface area contributed by atoms with Crippen molar-refractivity contribution in [2.45, 2.75) is 20.4 Å². The van der Waals surface area contributed by atoms with E-state index < -0.39 is 5.91 Å². The van der Waals surface area contributed by atoms with Gasteiger partial charge in [-0.25, -0.2) is 0 Å². The van der Waals surface area contributed by atoms with Gasteiger partial charge in [0.2, 0.25) is 5.88 Å². The smallest absolute Gasteiger partial charge is 0.295 e. The summed E-state index contributed by atoms with van der Waals surface area (Å²) in [6, 6.07) is 11.5. The summed E-state index contributed by atoms with van der Waals surface area (Å²) in [7, 11) is 0. The molecular weight excluding hydrogens is 306 g/mol. The van der Waals surface area contributed by atoms with Gasteiger partial charge in [-0.2, -0.15) is 0 Å². The lowest BCUT2D eigenvalue weighted by Gasteiger charge is -2.01. The summed E-state index contributed by atoms with van der Waals surface area (Å²) in [5, 5.41) is 28.1. The van der Waals surface area contributed by atoms with Gasteiger partial charge in [0, 0.05) is 17.5 Å². The Morgan fingerprint density at radius 1 is 1.12 bits per heavy atom. The van der Waals surface area contributed by atoms with Crippen LogP contribution in [0.3, 0.4) is 0 Å². The zero-order chi connectivity index (χ0) is 17.3. The van der Waals surface area contributed by atoms with Gasteiger partial charge in [0.1, 0.15) is 5.75 Å². The molecule has 0 spiro atoms. The second-order valence-corrected chi connectivity index (χ2v) is 5.49. The number of aromatic hydroxyl groups is 2. The molecule has 0 radical (unpaired) electrons. The van der Waals surface area contributed by atoms with Gasteiger partial charge in [-0.1, -0.05) is 11.6 Å². The first-order valence-electron chi connectivity index (χ1n) is 7.58. The average Bonchev–Trinajstić information content (AvgIpc) is 2.83. The Kier molecular flexibility index (Phi) is 4.04. The molecule has 2 aromatic carbocycles.